The van der Waals surface area contributed by atoms with Gasteiger partial charge in [-0.05, 0) is 12.8 Å². The maximum Gasteiger partial charge on any atom is 0.310 e. The van der Waals surface area contributed by atoms with Gasteiger partial charge in [-0.15, -0.1) is 0 Å². The Morgan fingerprint density at radius 2 is 0.571 bits per heavy atom. The second-order valence-corrected chi connectivity index (χ2v) is 12.9. The van der Waals surface area contributed by atoms with Gasteiger partial charge in [0.05, 0.1) is 6.26 Å². The molecule has 4 nitrogen and oxygen atoms in total. The van der Waals surface area contributed by atoms with Crippen LogP contribution < -0.4 is 0 Å². The molecule has 0 aromatic heterocycles. The van der Waals surface area contributed by atoms with Crippen LogP contribution in [0.15, 0.2) is 12.8 Å². The highest BCUT2D eigenvalue weighted by Gasteiger charge is 2.01. The minimum absolute atomic E-state index is 0.150. The van der Waals surface area contributed by atoms with Crippen LogP contribution in [0.4, 0.5) is 0 Å². The monoisotopic (exact) mass is 593 g/mol. The standard InChI is InChI=1S/C38H72O4/c1-2-42-38(41)36-34-32-30-28-26-24-22-20-18-16-14-12-10-8-6-4-3-5-7-9-11-13-15-17-19-21-23-25-27-29-31-33-35-37(39)40/h2H,1,3-36H2,(H,39,40). The average molecular weight is 593 g/mol. The molecule has 0 aliphatic heterocycles. The Hall–Kier alpha value is -1.32. The summed E-state index contributed by atoms with van der Waals surface area (Å²) in [6.45, 7) is 3.41. The van der Waals surface area contributed by atoms with E-state index in [0.717, 1.165) is 25.7 Å². The van der Waals surface area contributed by atoms with Gasteiger partial charge in [-0.3, -0.25) is 9.59 Å². The molecule has 1 N–H and O–H groups in total. The average Bonchev–Trinajstić information content (AvgIpc) is 2.97. The van der Waals surface area contributed by atoms with Crippen LogP contribution in [-0.4, -0.2) is 17.0 Å². The number of carboxylic acid groups (broad SMARTS) is 1. The molecule has 0 amide bonds. The number of unbranched alkanes of at least 4 members (excludes halogenated alkanes) is 31. The first kappa shape index (κ1) is 40.7. The van der Waals surface area contributed by atoms with Gasteiger partial charge in [0.2, 0.25) is 0 Å². The van der Waals surface area contributed by atoms with Crippen molar-refractivity contribution in [3.05, 3.63) is 12.8 Å². The summed E-state index contributed by atoms with van der Waals surface area (Å²) < 4.78 is 4.73. The van der Waals surface area contributed by atoms with E-state index in [-0.39, 0.29) is 5.97 Å². The molecule has 0 saturated heterocycles. The summed E-state index contributed by atoms with van der Waals surface area (Å²) in [5.74, 6) is -0.803. The molecule has 0 fully saturated rings. The van der Waals surface area contributed by atoms with E-state index in [4.69, 9.17) is 9.84 Å². The molecule has 0 aromatic carbocycles. The summed E-state index contributed by atoms with van der Waals surface area (Å²) in [6.07, 6.45) is 45.2. The Labute approximate surface area is 262 Å². The first-order chi connectivity index (χ1) is 20.7. The van der Waals surface area contributed by atoms with Crippen molar-refractivity contribution in [2.75, 3.05) is 0 Å². The number of hydrogen-bond acceptors (Lipinski definition) is 3. The molecule has 0 aromatic rings. The van der Waals surface area contributed by atoms with Crippen LogP contribution in [0, 0.1) is 0 Å². The number of hydrogen-bond donors (Lipinski definition) is 1. The van der Waals surface area contributed by atoms with E-state index in [9.17, 15) is 9.59 Å². The largest absolute Gasteiger partial charge is 0.481 e. The van der Waals surface area contributed by atoms with Gasteiger partial charge in [0, 0.05) is 12.8 Å². The van der Waals surface area contributed by atoms with Crippen LogP contribution in [0.5, 0.6) is 0 Å². The fourth-order valence-electron chi connectivity index (χ4n) is 6.00. The zero-order valence-electron chi connectivity index (χ0n) is 28.0. The third-order valence-corrected chi connectivity index (χ3v) is 8.74. The van der Waals surface area contributed by atoms with E-state index < -0.39 is 5.97 Å². The molecule has 0 unspecified atom stereocenters. The van der Waals surface area contributed by atoms with Gasteiger partial charge in [-0.2, -0.15) is 0 Å². The Kier molecular flexibility index (Phi) is 34.7. The van der Waals surface area contributed by atoms with Crippen LogP contribution in [0.25, 0.3) is 0 Å². The molecular weight excluding hydrogens is 520 g/mol. The smallest absolute Gasteiger partial charge is 0.310 e. The molecule has 0 heterocycles. The maximum absolute atomic E-state index is 11.2. The second-order valence-electron chi connectivity index (χ2n) is 12.9. The Morgan fingerprint density at radius 3 is 0.762 bits per heavy atom. The Balaban J connectivity index is 3.06. The number of carbonyl (C=O) groups excluding carboxylic acids is 1. The van der Waals surface area contributed by atoms with Crippen molar-refractivity contribution in [1.82, 2.24) is 0 Å². The normalized spacial score (nSPS) is 11.1. The third-order valence-electron chi connectivity index (χ3n) is 8.74. The molecule has 0 radical (unpaired) electrons. The first-order valence-electron chi connectivity index (χ1n) is 18.7. The highest BCUT2D eigenvalue weighted by molar-refractivity contribution is 5.69. The molecule has 4 heteroatoms. The summed E-state index contributed by atoms with van der Waals surface area (Å²) >= 11 is 0. The number of rotatable bonds is 36. The van der Waals surface area contributed by atoms with Gasteiger partial charge >= 0.3 is 11.9 Å². The summed E-state index contributed by atoms with van der Waals surface area (Å²) in [6, 6.07) is 0. The lowest BCUT2D eigenvalue weighted by molar-refractivity contribution is -0.138. The van der Waals surface area contributed by atoms with E-state index in [0.29, 0.717) is 12.8 Å². The lowest BCUT2D eigenvalue weighted by Crippen LogP contribution is -1.98. The van der Waals surface area contributed by atoms with E-state index in [1.807, 2.05) is 0 Å². The zero-order valence-corrected chi connectivity index (χ0v) is 28.0. The topological polar surface area (TPSA) is 63.6 Å². The molecule has 0 spiro atoms. The number of esters is 1. The first-order valence-corrected chi connectivity index (χ1v) is 18.7. The molecule has 0 bridgehead atoms. The van der Waals surface area contributed by atoms with Crippen LogP contribution in [0.2, 0.25) is 0 Å². The van der Waals surface area contributed by atoms with E-state index in [1.54, 1.807) is 0 Å². The lowest BCUT2D eigenvalue weighted by Gasteiger charge is -2.05. The maximum atomic E-state index is 11.2. The van der Waals surface area contributed by atoms with Gasteiger partial charge in [0.25, 0.3) is 0 Å². The number of aliphatic carboxylic acids is 1. The van der Waals surface area contributed by atoms with Gasteiger partial charge < -0.3 is 9.84 Å². The number of ether oxygens (including phenoxy) is 1. The minimum atomic E-state index is -0.654. The quantitative estimate of drug-likeness (QED) is 0.0446. The number of carboxylic acids is 1. The van der Waals surface area contributed by atoms with Crippen LogP contribution in [-0.2, 0) is 14.3 Å². The SMILES string of the molecule is C=COC(=O)CCCCCCCCCCCCCCCCCCCCCCCCCCCCCCCCCCC(=O)O. The fraction of sp³-hybridized carbons (Fsp3) is 0.895. The van der Waals surface area contributed by atoms with Crippen LogP contribution in [0.3, 0.4) is 0 Å². The third kappa shape index (κ3) is 36.7. The highest BCUT2D eigenvalue weighted by Crippen LogP contribution is 2.17. The van der Waals surface area contributed by atoms with E-state index >= 15 is 0 Å². The summed E-state index contributed by atoms with van der Waals surface area (Å²) in [5.41, 5.74) is 0. The van der Waals surface area contributed by atoms with Crippen molar-refractivity contribution in [3.8, 4) is 0 Å². The summed E-state index contributed by atoms with van der Waals surface area (Å²) in [7, 11) is 0. The van der Waals surface area contributed by atoms with Crippen molar-refractivity contribution in [1.29, 1.82) is 0 Å². The minimum Gasteiger partial charge on any atom is -0.481 e. The second kappa shape index (κ2) is 35.9. The van der Waals surface area contributed by atoms with Crippen molar-refractivity contribution in [2.24, 2.45) is 0 Å². The summed E-state index contributed by atoms with van der Waals surface area (Å²) in [5, 5.41) is 8.63. The van der Waals surface area contributed by atoms with Crippen molar-refractivity contribution >= 4 is 11.9 Å². The van der Waals surface area contributed by atoms with E-state index in [1.165, 1.54) is 186 Å². The molecule has 248 valence electrons. The van der Waals surface area contributed by atoms with Crippen LogP contribution in [0.1, 0.15) is 218 Å². The Morgan fingerprint density at radius 1 is 0.381 bits per heavy atom. The summed E-state index contributed by atoms with van der Waals surface area (Å²) in [4.78, 5) is 21.7. The lowest BCUT2D eigenvalue weighted by atomic mass is 10.0. The fourth-order valence-corrected chi connectivity index (χ4v) is 6.00. The van der Waals surface area contributed by atoms with Crippen LogP contribution >= 0.6 is 0 Å². The van der Waals surface area contributed by atoms with Gasteiger partial charge in [0.15, 0.2) is 0 Å². The molecule has 0 saturated carbocycles. The van der Waals surface area contributed by atoms with Gasteiger partial charge in [0.1, 0.15) is 0 Å². The molecule has 0 aliphatic carbocycles. The van der Waals surface area contributed by atoms with Gasteiger partial charge in [-0.25, -0.2) is 0 Å². The molecule has 0 aliphatic rings. The van der Waals surface area contributed by atoms with Crippen molar-refractivity contribution < 1.29 is 19.4 Å². The predicted molar refractivity (Wildman–Crippen MR) is 181 cm³/mol. The molecule has 0 rings (SSSR count). The molecule has 0 atom stereocenters. The van der Waals surface area contributed by atoms with Crippen molar-refractivity contribution in [3.63, 3.8) is 0 Å². The van der Waals surface area contributed by atoms with Crippen molar-refractivity contribution in [2.45, 2.75) is 218 Å². The highest BCUT2D eigenvalue weighted by atomic mass is 16.5. The molecular formula is C38H72O4. The zero-order chi connectivity index (χ0) is 30.6. The molecule has 42 heavy (non-hydrogen) atoms. The predicted octanol–water partition coefficient (Wildman–Crippen LogP) is 13.0. The van der Waals surface area contributed by atoms with Gasteiger partial charge in [-0.1, -0.05) is 199 Å². The van der Waals surface area contributed by atoms with E-state index in [2.05, 4.69) is 6.58 Å². The number of carbonyl (C=O) groups is 2. The Bertz CT molecular complexity index is 573.